The fourth-order valence-electron chi connectivity index (χ4n) is 9.72. The van der Waals surface area contributed by atoms with E-state index in [1.165, 1.54) is 4.90 Å². The Morgan fingerprint density at radius 3 is 2.27 bits per heavy atom. The molecule has 0 radical (unpaired) electrons. The monoisotopic (exact) mass is 832 g/mol. The van der Waals surface area contributed by atoms with Crippen molar-refractivity contribution in [2.24, 2.45) is 29.6 Å². The maximum absolute atomic E-state index is 14.4. The van der Waals surface area contributed by atoms with E-state index in [1.54, 1.807) is 27.0 Å². The number of esters is 1. The summed E-state index contributed by atoms with van der Waals surface area (Å²) in [7, 11) is 1.56. The summed E-state index contributed by atoms with van der Waals surface area (Å²) >= 11 is 0. The lowest BCUT2D eigenvalue weighted by molar-refractivity contribution is -0.306. The Bertz CT molecular complexity index is 1510. The minimum absolute atomic E-state index is 0.0112. The molecule has 2 bridgehead atoms. The number of rotatable bonds is 9. The number of piperidine rings is 1. The molecule has 13 heteroatoms. The molecular weight excluding hydrogens is 759 g/mol. The largest absolute Gasteiger partial charge is 0.456 e. The number of hydrogen-bond donors (Lipinski definition) is 3. The van der Waals surface area contributed by atoms with Crippen molar-refractivity contribution >= 4 is 23.4 Å². The Balaban J connectivity index is 1.79. The molecular formula is C46H73NO12. The zero-order valence-electron chi connectivity index (χ0n) is 36.8. The number of aliphatic hydroxyl groups is 3. The molecule has 14 atom stereocenters. The summed E-state index contributed by atoms with van der Waals surface area (Å²) in [4.78, 5) is 58.2. The van der Waals surface area contributed by atoms with E-state index in [4.69, 9.17) is 23.7 Å². The Morgan fingerprint density at radius 1 is 0.949 bits per heavy atom. The number of carbonyl (C=O) groups is 4. The van der Waals surface area contributed by atoms with Crippen LogP contribution < -0.4 is 0 Å². The van der Waals surface area contributed by atoms with E-state index in [2.05, 4.69) is 13.5 Å². The maximum atomic E-state index is 14.4. The summed E-state index contributed by atoms with van der Waals surface area (Å²) in [6.07, 6.45) is 5.03. The van der Waals surface area contributed by atoms with Gasteiger partial charge in [-0.3, -0.25) is 14.4 Å². The van der Waals surface area contributed by atoms with E-state index in [-0.39, 0.29) is 49.5 Å². The van der Waals surface area contributed by atoms with Crippen molar-refractivity contribution in [3.8, 4) is 0 Å². The van der Waals surface area contributed by atoms with Crippen molar-refractivity contribution in [1.29, 1.82) is 0 Å². The molecule has 3 heterocycles. The summed E-state index contributed by atoms with van der Waals surface area (Å²) in [6.45, 7) is 17.6. The number of amides is 1. The van der Waals surface area contributed by atoms with Gasteiger partial charge < -0.3 is 43.9 Å². The molecule has 1 amide bonds. The van der Waals surface area contributed by atoms with Crippen LogP contribution in [0.5, 0.6) is 0 Å². The number of aliphatic hydroxyl groups excluding tert-OH is 2. The summed E-state index contributed by atoms with van der Waals surface area (Å²) in [5.41, 5.74) is 1.62. The van der Waals surface area contributed by atoms with Gasteiger partial charge in [0.25, 0.3) is 11.7 Å². The molecule has 0 aromatic heterocycles. The first kappa shape index (κ1) is 48.9. The lowest BCUT2D eigenvalue weighted by Gasteiger charge is -2.47. The zero-order valence-corrected chi connectivity index (χ0v) is 36.8. The van der Waals surface area contributed by atoms with E-state index < -0.39 is 83.9 Å². The second-order valence-electron chi connectivity index (χ2n) is 17.7. The summed E-state index contributed by atoms with van der Waals surface area (Å²) in [6, 6.07) is -1.14. The minimum Gasteiger partial charge on any atom is -0.456 e. The second-order valence-corrected chi connectivity index (χ2v) is 17.7. The van der Waals surface area contributed by atoms with Crippen LogP contribution in [0, 0.1) is 29.6 Å². The quantitative estimate of drug-likeness (QED) is 0.153. The van der Waals surface area contributed by atoms with Gasteiger partial charge in [-0.25, -0.2) is 4.79 Å². The zero-order chi connectivity index (χ0) is 43.6. The number of fused-ring (bicyclic) bond motifs is 3. The SMILES string of the molecule is C=CCC1/C=C(\C)CC(C)CC(OCC)C2OC(O)(C(=O)C(=O)N3CCCCC3C(=O)OC(C(C)=CC3CCC(O)C(OC)C3)C(C)C(O)CC1=O)C(C)CC2OCC. The Labute approximate surface area is 351 Å². The van der Waals surface area contributed by atoms with Crippen molar-refractivity contribution in [3.05, 3.63) is 36.0 Å². The lowest BCUT2D eigenvalue weighted by atomic mass is 9.81. The van der Waals surface area contributed by atoms with Gasteiger partial charge in [0.15, 0.2) is 0 Å². The molecule has 59 heavy (non-hydrogen) atoms. The number of hydrogen-bond acceptors (Lipinski definition) is 12. The number of ketones is 2. The molecule has 1 aliphatic carbocycles. The van der Waals surface area contributed by atoms with E-state index in [0.29, 0.717) is 70.2 Å². The molecule has 2 saturated heterocycles. The number of methoxy groups -OCH3 is 1. The predicted octanol–water partition coefficient (Wildman–Crippen LogP) is 5.42. The predicted molar refractivity (Wildman–Crippen MR) is 222 cm³/mol. The highest BCUT2D eigenvalue weighted by atomic mass is 16.7. The number of carbonyl (C=O) groups excluding carboxylic acids is 4. The molecule has 1 saturated carbocycles. The van der Waals surface area contributed by atoms with Gasteiger partial charge in [-0.15, -0.1) is 6.58 Å². The molecule has 4 aliphatic rings. The number of ether oxygens (including phenoxy) is 5. The molecule has 3 N–H and O–H groups in total. The molecule has 4 rings (SSSR count). The lowest BCUT2D eigenvalue weighted by Crippen LogP contribution is -2.64. The molecule has 14 unspecified atom stereocenters. The highest BCUT2D eigenvalue weighted by molar-refractivity contribution is 6.39. The number of allylic oxidation sites excluding steroid dienone is 4. The standard InChI is InChI=1S/C46H73NO12/c1-10-15-33-21-27(4)20-28(5)22-39(56-11-2)42-40(57-12-3)24-30(7)46(54,59-42)43(51)44(52)47-19-14-13-16-34(47)45(53)58-41(31(8)36(49)26-37(33)50)29(6)23-32-17-18-35(48)38(25-32)55-9/h10,21,23,28,30-36,38-42,48-49,54H,1,11-20,22,24-26H2,2-9H3/b27-21+,29-23?. The first-order chi connectivity index (χ1) is 28.0. The third-order valence-corrected chi connectivity index (χ3v) is 13.0. The van der Waals surface area contributed by atoms with Crippen LogP contribution in [0.2, 0.25) is 0 Å². The molecule has 3 aliphatic heterocycles. The molecule has 0 aromatic rings. The van der Waals surface area contributed by atoms with Crippen LogP contribution in [0.15, 0.2) is 36.0 Å². The van der Waals surface area contributed by atoms with Crippen molar-refractivity contribution in [2.45, 2.75) is 174 Å². The van der Waals surface area contributed by atoms with Gasteiger partial charge in [0.05, 0.1) is 30.5 Å². The summed E-state index contributed by atoms with van der Waals surface area (Å²) < 4.78 is 30.6. The third kappa shape index (κ3) is 12.2. The van der Waals surface area contributed by atoms with E-state index in [1.807, 2.05) is 39.8 Å². The fourth-order valence-corrected chi connectivity index (χ4v) is 9.72. The van der Waals surface area contributed by atoms with Crippen LogP contribution >= 0.6 is 0 Å². The highest BCUT2D eigenvalue weighted by Gasteiger charge is 2.57. The average molecular weight is 832 g/mol. The first-order valence-corrected chi connectivity index (χ1v) is 22.1. The Hall–Kier alpha value is -2.78. The number of nitrogens with zero attached hydrogens (tertiary/aromatic N) is 1. The van der Waals surface area contributed by atoms with Crippen molar-refractivity contribution < 1.29 is 58.2 Å². The van der Waals surface area contributed by atoms with Gasteiger partial charge in [0.1, 0.15) is 24.0 Å². The van der Waals surface area contributed by atoms with Gasteiger partial charge in [-0.2, -0.15) is 0 Å². The van der Waals surface area contributed by atoms with E-state index in [0.717, 1.165) is 5.57 Å². The van der Waals surface area contributed by atoms with Gasteiger partial charge in [0.2, 0.25) is 5.79 Å². The van der Waals surface area contributed by atoms with E-state index in [9.17, 15) is 34.5 Å². The maximum Gasteiger partial charge on any atom is 0.329 e. The Kier molecular flexibility index (Phi) is 18.5. The number of Topliss-reactive ketones (excluding diaryl/α,β-unsaturated/α-hetero) is 2. The van der Waals surface area contributed by atoms with Crippen molar-refractivity contribution in [2.75, 3.05) is 26.9 Å². The molecule has 0 aromatic carbocycles. The van der Waals surface area contributed by atoms with Gasteiger partial charge in [0, 0.05) is 51.0 Å². The van der Waals surface area contributed by atoms with Crippen molar-refractivity contribution in [1.82, 2.24) is 4.90 Å². The molecule has 0 spiro atoms. The van der Waals surface area contributed by atoms with Crippen LogP contribution in [0.3, 0.4) is 0 Å². The van der Waals surface area contributed by atoms with E-state index >= 15 is 0 Å². The minimum atomic E-state index is -2.51. The van der Waals surface area contributed by atoms with Crippen LogP contribution in [0.25, 0.3) is 0 Å². The Morgan fingerprint density at radius 2 is 1.63 bits per heavy atom. The van der Waals surface area contributed by atoms with Gasteiger partial charge >= 0.3 is 5.97 Å². The normalized spacial score (nSPS) is 40.0. The third-order valence-electron chi connectivity index (χ3n) is 13.0. The number of cyclic esters (lactones) is 1. The highest BCUT2D eigenvalue weighted by Crippen LogP contribution is 2.39. The second kappa shape index (κ2) is 22.4. The summed E-state index contributed by atoms with van der Waals surface area (Å²) in [5.74, 6) is -7.74. The van der Waals surface area contributed by atoms with Crippen molar-refractivity contribution in [3.63, 3.8) is 0 Å². The molecule has 3 fully saturated rings. The van der Waals surface area contributed by atoms with Crippen LogP contribution in [-0.4, -0.2) is 125 Å². The van der Waals surface area contributed by atoms with Crippen LogP contribution in [0.1, 0.15) is 119 Å². The molecule has 13 nitrogen and oxygen atoms in total. The molecule has 334 valence electrons. The first-order valence-electron chi connectivity index (χ1n) is 22.1. The van der Waals surface area contributed by atoms with Gasteiger partial charge in [-0.05, 0) is 109 Å². The summed E-state index contributed by atoms with van der Waals surface area (Å²) in [5, 5.41) is 34.4. The topological polar surface area (TPSA) is 178 Å². The van der Waals surface area contributed by atoms with Gasteiger partial charge in [-0.1, -0.05) is 44.6 Å². The average Bonchev–Trinajstić information content (AvgIpc) is 3.20. The fraction of sp³-hybridized carbons (Fsp3) is 0.783. The van der Waals surface area contributed by atoms with Crippen LogP contribution in [-0.2, 0) is 42.9 Å². The smallest absolute Gasteiger partial charge is 0.329 e. The van der Waals surface area contributed by atoms with Crippen LogP contribution in [0.4, 0.5) is 0 Å².